The van der Waals surface area contributed by atoms with Crippen molar-refractivity contribution in [3.05, 3.63) is 67.5 Å². The summed E-state index contributed by atoms with van der Waals surface area (Å²) in [6.07, 6.45) is 0.627. The molecule has 0 fully saturated rings. The molecule has 0 aliphatic carbocycles. The highest BCUT2D eigenvalue weighted by molar-refractivity contribution is 14.1. The van der Waals surface area contributed by atoms with Gasteiger partial charge in [-0.2, -0.15) is 0 Å². The number of rotatable bonds is 4. The Hall–Kier alpha value is -0.460. The minimum Gasteiger partial charge on any atom is -0.313 e. The van der Waals surface area contributed by atoms with Gasteiger partial charge in [-0.1, -0.05) is 28.1 Å². The number of likely N-dealkylation sites (N-methyl/N-ethyl adjacent to an activating group) is 1. The quantitative estimate of drug-likeness (QED) is 0.689. The first-order valence-electron chi connectivity index (χ1n) is 5.97. The highest BCUT2D eigenvalue weighted by atomic mass is 127. The van der Waals surface area contributed by atoms with Crippen LogP contribution in [0.25, 0.3) is 0 Å². The molecule has 0 saturated carbocycles. The fraction of sp³-hybridized carbons (Fsp3) is 0.200. The number of benzene rings is 2. The lowest BCUT2D eigenvalue weighted by Crippen LogP contribution is -2.19. The standard InChI is InChI=1S/C15H14BrFIN/c1-19-15(10-3-2-4-13(18)8-10)9-11-7-12(16)5-6-14(11)17/h2-8,15,19H,9H2,1H3. The minimum absolute atomic E-state index is 0.110. The van der Waals surface area contributed by atoms with Crippen LogP contribution in [0.4, 0.5) is 4.39 Å². The summed E-state index contributed by atoms with van der Waals surface area (Å²) in [6, 6.07) is 13.4. The van der Waals surface area contributed by atoms with Crippen molar-refractivity contribution in [3.63, 3.8) is 0 Å². The second-order valence-electron chi connectivity index (χ2n) is 4.34. The van der Waals surface area contributed by atoms with Crippen molar-refractivity contribution in [2.24, 2.45) is 0 Å². The number of hydrogen-bond donors (Lipinski definition) is 1. The zero-order chi connectivity index (χ0) is 13.8. The van der Waals surface area contributed by atoms with Gasteiger partial charge in [0.15, 0.2) is 0 Å². The summed E-state index contributed by atoms with van der Waals surface area (Å²) in [6.45, 7) is 0. The molecule has 2 aromatic rings. The predicted octanol–water partition coefficient (Wildman–Crippen LogP) is 4.70. The van der Waals surface area contributed by atoms with Crippen LogP contribution in [-0.4, -0.2) is 7.05 Å². The molecule has 100 valence electrons. The van der Waals surface area contributed by atoms with Crippen LogP contribution in [0, 0.1) is 9.39 Å². The molecular weight excluding hydrogens is 420 g/mol. The molecule has 2 rings (SSSR count). The second kappa shape index (κ2) is 6.81. The van der Waals surface area contributed by atoms with Crippen molar-refractivity contribution in [2.75, 3.05) is 7.05 Å². The zero-order valence-electron chi connectivity index (χ0n) is 10.5. The highest BCUT2D eigenvalue weighted by Crippen LogP contribution is 2.23. The Balaban J connectivity index is 2.26. The van der Waals surface area contributed by atoms with Crippen molar-refractivity contribution >= 4 is 38.5 Å². The molecule has 4 heteroatoms. The average molecular weight is 434 g/mol. The third-order valence-electron chi connectivity index (χ3n) is 3.03. The topological polar surface area (TPSA) is 12.0 Å². The summed E-state index contributed by atoms with van der Waals surface area (Å²) >= 11 is 5.68. The molecule has 0 aliphatic rings. The SMILES string of the molecule is CNC(Cc1cc(Br)ccc1F)c1cccc(I)c1. The van der Waals surface area contributed by atoms with Gasteiger partial charge < -0.3 is 5.32 Å². The van der Waals surface area contributed by atoms with E-state index in [2.05, 4.69) is 62.0 Å². The summed E-state index contributed by atoms with van der Waals surface area (Å²) in [5.74, 6) is -0.158. The highest BCUT2D eigenvalue weighted by Gasteiger charge is 2.13. The van der Waals surface area contributed by atoms with Gasteiger partial charge in [0, 0.05) is 14.1 Å². The van der Waals surface area contributed by atoms with Gasteiger partial charge in [0.2, 0.25) is 0 Å². The summed E-state index contributed by atoms with van der Waals surface area (Å²) in [7, 11) is 1.90. The van der Waals surface area contributed by atoms with E-state index in [4.69, 9.17) is 0 Å². The molecule has 1 unspecified atom stereocenters. The minimum atomic E-state index is -0.158. The van der Waals surface area contributed by atoms with Gasteiger partial charge in [0.1, 0.15) is 5.82 Å². The van der Waals surface area contributed by atoms with Gasteiger partial charge in [0.25, 0.3) is 0 Å². The van der Waals surface area contributed by atoms with Crippen molar-refractivity contribution in [3.8, 4) is 0 Å². The van der Waals surface area contributed by atoms with Crippen LogP contribution in [0.1, 0.15) is 17.2 Å². The molecule has 0 amide bonds. The van der Waals surface area contributed by atoms with Gasteiger partial charge in [-0.05, 0) is 77.5 Å². The first-order valence-corrected chi connectivity index (χ1v) is 7.84. The Morgan fingerprint density at radius 2 is 2.05 bits per heavy atom. The second-order valence-corrected chi connectivity index (χ2v) is 6.50. The molecule has 2 aromatic carbocycles. The molecule has 1 nitrogen and oxygen atoms in total. The summed E-state index contributed by atoms with van der Waals surface area (Å²) < 4.78 is 15.9. The molecule has 0 aromatic heterocycles. The molecule has 1 N–H and O–H groups in total. The van der Waals surface area contributed by atoms with E-state index in [0.717, 1.165) is 4.47 Å². The Kier molecular flexibility index (Phi) is 5.36. The van der Waals surface area contributed by atoms with Gasteiger partial charge in [-0.15, -0.1) is 0 Å². The van der Waals surface area contributed by atoms with Gasteiger partial charge >= 0.3 is 0 Å². The lowest BCUT2D eigenvalue weighted by molar-refractivity contribution is 0.554. The van der Waals surface area contributed by atoms with E-state index < -0.39 is 0 Å². The lowest BCUT2D eigenvalue weighted by atomic mass is 9.99. The average Bonchev–Trinajstić information content (AvgIpc) is 2.39. The van der Waals surface area contributed by atoms with Crippen molar-refractivity contribution in [2.45, 2.75) is 12.5 Å². The van der Waals surface area contributed by atoms with Crippen molar-refractivity contribution in [1.82, 2.24) is 5.32 Å². The number of halogens is 3. The van der Waals surface area contributed by atoms with E-state index in [0.29, 0.717) is 12.0 Å². The first-order chi connectivity index (χ1) is 9.10. The summed E-state index contributed by atoms with van der Waals surface area (Å²) in [5.41, 5.74) is 1.89. The molecule has 0 spiro atoms. The predicted molar refractivity (Wildman–Crippen MR) is 88.8 cm³/mol. The van der Waals surface area contributed by atoms with E-state index in [1.807, 2.05) is 19.2 Å². The van der Waals surface area contributed by atoms with Crippen molar-refractivity contribution < 1.29 is 4.39 Å². The van der Waals surface area contributed by atoms with E-state index in [-0.39, 0.29) is 11.9 Å². The van der Waals surface area contributed by atoms with Gasteiger partial charge in [0.05, 0.1) is 0 Å². The smallest absolute Gasteiger partial charge is 0.126 e. The van der Waals surface area contributed by atoms with E-state index in [9.17, 15) is 4.39 Å². The Bertz CT molecular complexity index is 574. The van der Waals surface area contributed by atoms with Crippen molar-refractivity contribution in [1.29, 1.82) is 0 Å². The van der Waals surface area contributed by atoms with Crippen LogP contribution in [0.2, 0.25) is 0 Å². The third-order valence-corrected chi connectivity index (χ3v) is 4.20. The maximum atomic E-state index is 13.8. The van der Waals surface area contributed by atoms with Crippen LogP contribution in [-0.2, 0) is 6.42 Å². The van der Waals surface area contributed by atoms with E-state index >= 15 is 0 Å². The molecule has 19 heavy (non-hydrogen) atoms. The molecular formula is C15H14BrFIN. The van der Waals surface area contributed by atoms with Crippen LogP contribution < -0.4 is 5.32 Å². The fourth-order valence-electron chi connectivity index (χ4n) is 2.03. The maximum Gasteiger partial charge on any atom is 0.126 e. The molecule has 0 heterocycles. The Morgan fingerprint density at radius 1 is 1.26 bits per heavy atom. The zero-order valence-corrected chi connectivity index (χ0v) is 14.2. The van der Waals surface area contributed by atoms with Crippen LogP contribution in [0.3, 0.4) is 0 Å². The first kappa shape index (κ1) is 14.9. The molecule has 0 aliphatic heterocycles. The van der Waals surface area contributed by atoms with E-state index in [1.54, 1.807) is 6.07 Å². The molecule has 0 bridgehead atoms. The van der Waals surface area contributed by atoms with Crippen LogP contribution >= 0.6 is 38.5 Å². The lowest BCUT2D eigenvalue weighted by Gasteiger charge is -2.17. The number of hydrogen-bond acceptors (Lipinski definition) is 1. The largest absolute Gasteiger partial charge is 0.313 e. The molecule has 0 radical (unpaired) electrons. The van der Waals surface area contributed by atoms with Crippen LogP contribution in [0.15, 0.2) is 46.9 Å². The number of nitrogens with one attached hydrogen (secondary N) is 1. The fourth-order valence-corrected chi connectivity index (χ4v) is 3.01. The van der Waals surface area contributed by atoms with Gasteiger partial charge in [-0.3, -0.25) is 0 Å². The molecule has 1 atom stereocenters. The Morgan fingerprint density at radius 3 is 2.74 bits per heavy atom. The normalized spacial score (nSPS) is 12.4. The maximum absolute atomic E-state index is 13.8. The van der Waals surface area contributed by atoms with Gasteiger partial charge in [-0.25, -0.2) is 4.39 Å². The molecule has 0 saturated heterocycles. The van der Waals surface area contributed by atoms with E-state index in [1.165, 1.54) is 15.2 Å². The van der Waals surface area contributed by atoms with Crippen LogP contribution in [0.5, 0.6) is 0 Å². The monoisotopic (exact) mass is 433 g/mol. The summed E-state index contributed by atoms with van der Waals surface area (Å²) in [4.78, 5) is 0. The Labute approximate surface area is 134 Å². The third kappa shape index (κ3) is 4.00. The summed E-state index contributed by atoms with van der Waals surface area (Å²) in [5, 5.41) is 3.26.